The molecule has 0 bridgehead atoms. The van der Waals surface area contributed by atoms with Crippen molar-refractivity contribution in [1.82, 2.24) is 10.2 Å². The monoisotopic (exact) mass is 266 g/mol. The van der Waals surface area contributed by atoms with Crippen molar-refractivity contribution in [1.29, 1.82) is 0 Å². The minimum Gasteiger partial charge on any atom is -0.378 e. The van der Waals surface area contributed by atoms with Crippen molar-refractivity contribution >= 4 is 0 Å². The molecule has 1 rings (SSSR count). The summed E-state index contributed by atoms with van der Waals surface area (Å²) >= 11 is 0. The summed E-state index contributed by atoms with van der Waals surface area (Å²) in [6, 6.07) is 0.482. The zero-order valence-electron chi connectivity index (χ0n) is 13.0. The lowest BCUT2D eigenvalue weighted by Gasteiger charge is -2.35. The maximum atomic E-state index is 5.29. The number of rotatable bonds is 7. The van der Waals surface area contributed by atoms with Crippen LogP contribution in [0.15, 0.2) is 23.8 Å². The SMILES string of the molecule is CC=C(C=CC(C)OC)C(CNC)N1CCCCC1. The van der Waals surface area contributed by atoms with E-state index >= 15 is 0 Å². The van der Waals surface area contributed by atoms with Crippen LogP contribution in [0.4, 0.5) is 0 Å². The van der Waals surface area contributed by atoms with Gasteiger partial charge >= 0.3 is 0 Å². The maximum absolute atomic E-state index is 5.29. The topological polar surface area (TPSA) is 24.5 Å². The van der Waals surface area contributed by atoms with Gasteiger partial charge in [-0.1, -0.05) is 24.6 Å². The molecule has 0 amide bonds. The fraction of sp³-hybridized carbons (Fsp3) is 0.750. The summed E-state index contributed by atoms with van der Waals surface area (Å²) in [5.41, 5.74) is 1.39. The van der Waals surface area contributed by atoms with Crippen LogP contribution >= 0.6 is 0 Å². The molecule has 0 aromatic carbocycles. The van der Waals surface area contributed by atoms with E-state index < -0.39 is 0 Å². The molecular formula is C16H30N2O. The molecule has 1 heterocycles. The van der Waals surface area contributed by atoms with Gasteiger partial charge in [-0.05, 0) is 52.4 Å². The minimum atomic E-state index is 0.173. The maximum Gasteiger partial charge on any atom is 0.0727 e. The highest BCUT2D eigenvalue weighted by atomic mass is 16.5. The first-order chi connectivity index (χ1) is 9.22. The summed E-state index contributed by atoms with van der Waals surface area (Å²) in [5, 5.41) is 3.33. The molecule has 1 fully saturated rings. The van der Waals surface area contributed by atoms with Crippen molar-refractivity contribution in [2.45, 2.75) is 45.3 Å². The van der Waals surface area contributed by atoms with Crippen molar-refractivity contribution in [3.05, 3.63) is 23.8 Å². The van der Waals surface area contributed by atoms with Crippen LogP contribution in [0.1, 0.15) is 33.1 Å². The van der Waals surface area contributed by atoms with Gasteiger partial charge in [0.25, 0.3) is 0 Å². The fourth-order valence-electron chi connectivity index (χ4n) is 2.61. The van der Waals surface area contributed by atoms with Crippen LogP contribution in [0.25, 0.3) is 0 Å². The Balaban J connectivity index is 2.73. The third-order valence-corrected chi connectivity index (χ3v) is 3.88. The smallest absolute Gasteiger partial charge is 0.0727 e. The number of hydrogen-bond donors (Lipinski definition) is 1. The van der Waals surface area contributed by atoms with E-state index in [2.05, 4.69) is 42.3 Å². The van der Waals surface area contributed by atoms with Crippen LogP contribution in [-0.4, -0.2) is 50.8 Å². The molecule has 1 aliphatic heterocycles. The third kappa shape index (κ3) is 5.47. The zero-order valence-corrected chi connectivity index (χ0v) is 13.0. The summed E-state index contributed by atoms with van der Waals surface area (Å²) < 4.78 is 5.29. The highest BCUT2D eigenvalue weighted by Gasteiger charge is 2.21. The Bertz CT molecular complexity index is 293. The number of piperidine rings is 1. The first-order valence-corrected chi connectivity index (χ1v) is 7.48. The molecule has 19 heavy (non-hydrogen) atoms. The van der Waals surface area contributed by atoms with Crippen LogP contribution in [0.2, 0.25) is 0 Å². The number of allylic oxidation sites excluding steroid dienone is 1. The average Bonchev–Trinajstić information content (AvgIpc) is 2.47. The lowest BCUT2D eigenvalue weighted by atomic mass is 10.0. The first kappa shape index (κ1) is 16.4. The van der Waals surface area contributed by atoms with Crippen molar-refractivity contribution in [2.24, 2.45) is 0 Å². The molecule has 0 radical (unpaired) electrons. The number of likely N-dealkylation sites (tertiary alicyclic amines) is 1. The van der Waals surface area contributed by atoms with Gasteiger partial charge in [0.05, 0.1) is 6.10 Å². The Morgan fingerprint density at radius 1 is 1.32 bits per heavy atom. The Kier molecular flexibility index (Phi) is 8.03. The Morgan fingerprint density at radius 2 is 2.00 bits per heavy atom. The lowest BCUT2D eigenvalue weighted by molar-refractivity contribution is 0.156. The fourth-order valence-corrected chi connectivity index (χ4v) is 2.61. The third-order valence-electron chi connectivity index (χ3n) is 3.88. The van der Waals surface area contributed by atoms with Crippen molar-refractivity contribution in [3.63, 3.8) is 0 Å². The van der Waals surface area contributed by atoms with E-state index in [-0.39, 0.29) is 6.10 Å². The molecule has 1 saturated heterocycles. The molecule has 0 saturated carbocycles. The minimum absolute atomic E-state index is 0.173. The number of ether oxygens (including phenoxy) is 1. The van der Waals surface area contributed by atoms with Crippen molar-refractivity contribution in [2.75, 3.05) is 33.8 Å². The Labute approximate surface area is 118 Å². The summed E-state index contributed by atoms with van der Waals surface area (Å²) in [4.78, 5) is 2.61. The van der Waals surface area contributed by atoms with Gasteiger partial charge in [0.1, 0.15) is 0 Å². The molecule has 3 nitrogen and oxygen atoms in total. The zero-order chi connectivity index (χ0) is 14.1. The normalized spacial score (nSPS) is 21.8. The second-order valence-electron chi connectivity index (χ2n) is 5.26. The second-order valence-corrected chi connectivity index (χ2v) is 5.26. The molecule has 1 aliphatic rings. The number of nitrogens with zero attached hydrogens (tertiary/aromatic N) is 1. The van der Waals surface area contributed by atoms with Crippen LogP contribution < -0.4 is 5.32 Å². The van der Waals surface area contributed by atoms with Gasteiger partial charge < -0.3 is 10.1 Å². The molecule has 1 N–H and O–H groups in total. The van der Waals surface area contributed by atoms with Gasteiger partial charge in [0, 0.05) is 19.7 Å². The molecule has 0 spiro atoms. The largest absolute Gasteiger partial charge is 0.378 e. The standard InChI is InChI=1S/C16H30N2O/c1-5-15(10-9-14(2)19-4)16(13-17-3)18-11-7-6-8-12-18/h5,9-10,14,16-17H,6-8,11-13H2,1-4H3. The highest BCUT2D eigenvalue weighted by Crippen LogP contribution is 2.18. The second kappa shape index (κ2) is 9.29. The molecular weight excluding hydrogens is 236 g/mol. The summed E-state index contributed by atoms with van der Waals surface area (Å²) in [7, 11) is 3.78. The first-order valence-electron chi connectivity index (χ1n) is 7.48. The van der Waals surface area contributed by atoms with E-state index in [0.29, 0.717) is 6.04 Å². The Hall–Kier alpha value is -0.640. The number of methoxy groups -OCH3 is 1. The lowest BCUT2D eigenvalue weighted by Crippen LogP contribution is -2.45. The van der Waals surface area contributed by atoms with Gasteiger partial charge in [-0.15, -0.1) is 0 Å². The van der Waals surface area contributed by atoms with E-state index in [4.69, 9.17) is 4.74 Å². The number of likely N-dealkylation sites (N-methyl/N-ethyl adjacent to an activating group) is 1. The van der Waals surface area contributed by atoms with Gasteiger partial charge in [-0.2, -0.15) is 0 Å². The van der Waals surface area contributed by atoms with E-state index in [0.717, 1.165) is 6.54 Å². The molecule has 0 aliphatic carbocycles. The highest BCUT2D eigenvalue weighted by molar-refractivity contribution is 5.25. The van der Waals surface area contributed by atoms with E-state index in [1.807, 2.05) is 7.05 Å². The van der Waals surface area contributed by atoms with Crippen molar-refractivity contribution in [3.8, 4) is 0 Å². The van der Waals surface area contributed by atoms with Crippen LogP contribution in [0.3, 0.4) is 0 Å². The quantitative estimate of drug-likeness (QED) is 0.717. The van der Waals surface area contributed by atoms with Crippen LogP contribution in [0.5, 0.6) is 0 Å². The molecule has 2 atom stereocenters. The predicted octanol–water partition coefficient (Wildman–Crippen LogP) is 2.60. The van der Waals surface area contributed by atoms with Gasteiger partial charge in [-0.25, -0.2) is 0 Å². The van der Waals surface area contributed by atoms with E-state index in [1.165, 1.54) is 37.9 Å². The Morgan fingerprint density at radius 3 is 2.53 bits per heavy atom. The van der Waals surface area contributed by atoms with Crippen LogP contribution in [-0.2, 0) is 4.74 Å². The summed E-state index contributed by atoms with van der Waals surface area (Å²) in [6.45, 7) is 7.64. The van der Waals surface area contributed by atoms with Crippen LogP contribution in [0, 0.1) is 0 Å². The summed E-state index contributed by atoms with van der Waals surface area (Å²) in [5.74, 6) is 0. The van der Waals surface area contributed by atoms with E-state index in [1.54, 1.807) is 7.11 Å². The molecule has 0 aromatic heterocycles. The van der Waals surface area contributed by atoms with Gasteiger partial charge in [-0.3, -0.25) is 4.90 Å². The molecule has 3 heteroatoms. The number of hydrogen-bond acceptors (Lipinski definition) is 3. The van der Waals surface area contributed by atoms with Gasteiger partial charge in [0.15, 0.2) is 0 Å². The molecule has 110 valence electrons. The average molecular weight is 266 g/mol. The predicted molar refractivity (Wildman–Crippen MR) is 82.5 cm³/mol. The number of nitrogens with one attached hydrogen (secondary N) is 1. The molecule has 0 aromatic rings. The molecule has 2 unspecified atom stereocenters. The van der Waals surface area contributed by atoms with Crippen molar-refractivity contribution < 1.29 is 4.74 Å². The van der Waals surface area contributed by atoms with Gasteiger partial charge in [0.2, 0.25) is 0 Å². The summed E-state index contributed by atoms with van der Waals surface area (Å²) in [6.07, 6.45) is 10.8. The van der Waals surface area contributed by atoms with E-state index in [9.17, 15) is 0 Å².